The summed E-state index contributed by atoms with van der Waals surface area (Å²) in [6.07, 6.45) is 0.837. The summed E-state index contributed by atoms with van der Waals surface area (Å²) < 4.78 is 4.99. The van der Waals surface area contributed by atoms with Crippen LogP contribution in [0.2, 0.25) is 0 Å². The Morgan fingerprint density at radius 1 is 1.21 bits per heavy atom. The van der Waals surface area contributed by atoms with Crippen molar-refractivity contribution in [2.45, 2.75) is 19.4 Å². The largest absolute Gasteiger partial charge is 0.456 e. The quantitative estimate of drug-likeness (QED) is 0.671. The molecule has 104 valence electrons. The molecule has 2 fully saturated rings. The van der Waals surface area contributed by atoms with Crippen LogP contribution in [-0.4, -0.2) is 67.0 Å². The third-order valence-electron chi connectivity index (χ3n) is 4.17. The first kappa shape index (κ1) is 12.6. The van der Waals surface area contributed by atoms with E-state index in [0.29, 0.717) is 12.1 Å². The Morgan fingerprint density at radius 3 is 2.58 bits per heavy atom. The molecule has 6 heteroatoms. The van der Waals surface area contributed by atoms with Crippen molar-refractivity contribution >= 4 is 11.9 Å². The van der Waals surface area contributed by atoms with Gasteiger partial charge in [-0.1, -0.05) is 0 Å². The lowest BCUT2D eigenvalue weighted by atomic mass is 10.2. The van der Waals surface area contributed by atoms with E-state index >= 15 is 0 Å². The number of hydrogen-bond acceptors (Lipinski definition) is 5. The van der Waals surface area contributed by atoms with Gasteiger partial charge in [0.25, 0.3) is 0 Å². The molecule has 3 aliphatic heterocycles. The van der Waals surface area contributed by atoms with Crippen molar-refractivity contribution in [3.8, 4) is 0 Å². The Labute approximate surface area is 112 Å². The van der Waals surface area contributed by atoms with Crippen LogP contribution in [0.3, 0.4) is 0 Å². The van der Waals surface area contributed by atoms with Crippen LogP contribution < -0.4 is 5.32 Å². The fourth-order valence-electron chi connectivity index (χ4n) is 3.01. The highest BCUT2D eigenvalue weighted by Crippen LogP contribution is 2.26. The molecule has 3 rings (SSSR count). The van der Waals surface area contributed by atoms with E-state index in [4.69, 9.17) is 4.74 Å². The number of nitrogens with zero attached hydrogens (tertiary/aromatic N) is 2. The van der Waals surface area contributed by atoms with E-state index in [1.165, 1.54) is 0 Å². The minimum absolute atomic E-state index is 0.0295. The second-order valence-corrected chi connectivity index (χ2v) is 5.23. The third kappa shape index (κ3) is 2.15. The van der Waals surface area contributed by atoms with Crippen LogP contribution in [0.5, 0.6) is 0 Å². The monoisotopic (exact) mass is 265 g/mol. The first-order chi connectivity index (χ1) is 9.18. The number of piperazine rings is 1. The van der Waals surface area contributed by atoms with Crippen LogP contribution in [0, 0.1) is 0 Å². The molecule has 1 unspecified atom stereocenters. The first-order valence-electron chi connectivity index (χ1n) is 6.81. The van der Waals surface area contributed by atoms with Gasteiger partial charge in [0, 0.05) is 32.7 Å². The molecule has 1 amide bonds. The van der Waals surface area contributed by atoms with Gasteiger partial charge < -0.3 is 15.0 Å². The summed E-state index contributed by atoms with van der Waals surface area (Å²) in [7, 11) is 0. The van der Waals surface area contributed by atoms with Gasteiger partial charge in [-0.3, -0.25) is 9.69 Å². The average molecular weight is 265 g/mol. The van der Waals surface area contributed by atoms with Crippen molar-refractivity contribution in [1.29, 1.82) is 0 Å². The summed E-state index contributed by atoms with van der Waals surface area (Å²) in [4.78, 5) is 27.9. The summed E-state index contributed by atoms with van der Waals surface area (Å²) in [5.74, 6) is -0.178. The van der Waals surface area contributed by atoms with Gasteiger partial charge in [-0.2, -0.15) is 0 Å². The van der Waals surface area contributed by atoms with Crippen molar-refractivity contribution in [1.82, 2.24) is 15.1 Å². The van der Waals surface area contributed by atoms with E-state index in [1.807, 2.05) is 0 Å². The molecule has 1 atom stereocenters. The number of carbonyl (C=O) groups excluding carboxylic acids is 2. The molecule has 0 bridgehead atoms. The number of hydrogen-bond donors (Lipinski definition) is 1. The molecular weight excluding hydrogens is 246 g/mol. The number of rotatable bonds is 2. The van der Waals surface area contributed by atoms with E-state index in [2.05, 4.69) is 10.2 Å². The molecule has 0 radical (unpaired) electrons. The predicted molar refractivity (Wildman–Crippen MR) is 68.2 cm³/mol. The van der Waals surface area contributed by atoms with Crippen LogP contribution in [0.15, 0.2) is 11.3 Å². The highest BCUT2D eigenvalue weighted by molar-refractivity contribution is 5.94. The van der Waals surface area contributed by atoms with E-state index in [-0.39, 0.29) is 24.5 Å². The van der Waals surface area contributed by atoms with Crippen LogP contribution in [0.1, 0.15) is 13.3 Å². The second-order valence-electron chi connectivity index (χ2n) is 5.23. The highest BCUT2D eigenvalue weighted by Gasteiger charge is 2.40. The summed E-state index contributed by atoms with van der Waals surface area (Å²) in [5.41, 5.74) is 1.34. The van der Waals surface area contributed by atoms with Crippen molar-refractivity contribution in [3.63, 3.8) is 0 Å². The van der Waals surface area contributed by atoms with Crippen LogP contribution in [0.4, 0.5) is 0 Å². The maximum absolute atomic E-state index is 12.5. The Morgan fingerprint density at radius 2 is 1.95 bits per heavy atom. The number of esters is 1. The first-order valence-corrected chi connectivity index (χ1v) is 6.81. The molecule has 6 nitrogen and oxygen atoms in total. The molecule has 0 spiro atoms. The molecular formula is C13H19N3O3. The minimum atomic E-state index is -0.298. The zero-order chi connectivity index (χ0) is 13.4. The Kier molecular flexibility index (Phi) is 3.28. The lowest BCUT2D eigenvalue weighted by molar-refractivity contribution is -0.136. The second kappa shape index (κ2) is 4.94. The summed E-state index contributed by atoms with van der Waals surface area (Å²) in [6, 6.07) is -0.0295. The van der Waals surface area contributed by atoms with Crippen LogP contribution in [-0.2, 0) is 14.3 Å². The number of amides is 1. The van der Waals surface area contributed by atoms with Crippen LogP contribution >= 0.6 is 0 Å². The highest BCUT2D eigenvalue weighted by atomic mass is 16.5. The fraction of sp³-hybridized carbons (Fsp3) is 0.692. The van der Waals surface area contributed by atoms with Crippen molar-refractivity contribution < 1.29 is 14.3 Å². The molecule has 19 heavy (non-hydrogen) atoms. The van der Waals surface area contributed by atoms with Crippen molar-refractivity contribution in [3.05, 3.63) is 11.3 Å². The summed E-state index contributed by atoms with van der Waals surface area (Å²) in [5, 5.41) is 3.29. The van der Waals surface area contributed by atoms with Gasteiger partial charge in [-0.25, -0.2) is 4.79 Å². The van der Waals surface area contributed by atoms with Crippen LogP contribution in [0.25, 0.3) is 0 Å². The number of ether oxygens (including phenoxy) is 1. The molecule has 0 aromatic heterocycles. The molecule has 0 aromatic carbocycles. The lowest BCUT2D eigenvalue weighted by Crippen LogP contribution is -2.51. The lowest BCUT2D eigenvalue weighted by Gasteiger charge is -2.31. The molecule has 0 saturated carbocycles. The maximum atomic E-state index is 12.5. The van der Waals surface area contributed by atoms with Gasteiger partial charge in [-0.05, 0) is 13.3 Å². The molecule has 3 aliphatic rings. The minimum Gasteiger partial charge on any atom is -0.456 e. The molecule has 3 heterocycles. The van der Waals surface area contributed by atoms with Crippen molar-refractivity contribution in [2.24, 2.45) is 0 Å². The number of likely N-dealkylation sites (tertiary alicyclic amines) is 1. The van der Waals surface area contributed by atoms with E-state index in [0.717, 1.165) is 38.3 Å². The van der Waals surface area contributed by atoms with E-state index in [9.17, 15) is 9.59 Å². The number of nitrogens with one attached hydrogen (secondary N) is 1. The third-order valence-corrected chi connectivity index (χ3v) is 4.17. The van der Waals surface area contributed by atoms with Gasteiger partial charge in [-0.15, -0.1) is 0 Å². The number of carbonyl (C=O) groups is 2. The van der Waals surface area contributed by atoms with Crippen molar-refractivity contribution in [2.75, 3.05) is 39.3 Å². The SMILES string of the molecule is CC1=C(N2CCC(N3CCNCC3)C2=O)COC1=O. The molecule has 2 saturated heterocycles. The Bertz CT molecular complexity index is 440. The predicted octanol–water partition coefficient (Wildman–Crippen LogP) is -0.677. The van der Waals surface area contributed by atoms with E-state index in [1.54, 1.807) is 11.8 Å². The number of cyclic esters (lactones) is 1. The fourth-order valence-corrected chi connectivity index (χ4v) is 3.01. The van der Waals surface area contributed by atoms with Gasteiger partial charge in [0.15, 0.2) is 0 Å². The Balaban J connectivity index is 1.73. The van der Waals surface area contributed by atoms with Gasteiger partial charge >= 0.3 is 5.97 Å². The van der Waals surface area contributed by atoms with E-state index < -0.39 is 0 Å². The molecule has 0 aromatic rings. The summed E-state index contributed by atoms with van der Waals surface area (Å²) in [6.45, 7) is 6.37. The zero-order valence-electron chi connectivity index (χ0n) is 11.1. The smallest absolute Gasteiger partial charge is 0.336 e. The normalized spacial score (nSPS) is 29.3. The van der Waals surface area contributed by atoms with Gasteiger partial charge in [0.05, 0.1) is 17.3 Å². The average Bonchev–Trinajstić information content (AvgIpc) is 2.96. The Hall–Kier alpha value is -1.40. The molecule has 0 aliphatic carbocycles. The van der Waals surface area contributed by atoms with Gasteiger partial charge in [0.2, 0.25) is 5.91 Å². The maximum Gasteiger partial charge on any atom is 0.336 e. The molecule has 1 N–H and O–H groups in total. The zero-order valence-corrected chi connectivity index (χ0v) is 11.1. The standard InChI is InChI=1S/C13H19N3O3/c1-9-11(8-19-13(9)18)16-5-2-10(12(16)17)15-6-3-14-4-7-15/h10,14H,2-8H2,1H3. The summed E-state index contributed by atoms with van der Waals surface area (Å²) >= 11 is 0. The van der Waals surface area contributed by atoms with Gasteiger partial charge in [0.1, 0.15) is 6.61 Å². The topological polar surface area (TPSA) is 61.9 Å².